The lowest BCUT2D eigenvalue weighted by Crippen LogP contribution is -2.19. The van der Waals surface area contributed by atoms with Gasteiger partial charge in [0, 0.05) is 17.7 Å². The lowest BCUT2D eigenvalue weighted by molar-refractivity contribution is -0.384. The lowest BCUT2D eigenvalue weighted by Gasteiger charge is -2.00. The number of hydrazone groups is 1. The van der Waals surface area contributed by atoms with Crippen LogP contribution in [0.25, 0.3) is 11.3 Å². The topological polar surface area (TPSA) is 150 Å². The lowest BCUT2D eigenvalue weighted by atomic mass is 10.1. The Morgan fingerprint density at radius 2 is 2.22 bits per heavy atom. The first-order valence-electron chi connectivity index (χ1n) is 7.36. The first kappa shape index (κ1) is 18.5. The van der Waals surface area contributed by atoms with Gasteiger partial charge in [0.05, 0.1) is 22.6 Å². The number of nitro benzene ring substituents is 1. The minimum atomic E-state index is -0.522. The third-order valence-corrected chi connectivity index (χ3v) is 4.31. The molecule has 0 saturated heterocycles. The second-order valence-electron chi connectivity index (χ2n) is 5.13. The maximum Gasteiger partial charge on any atom is 0.270 e. The van der Waals surface area contributed by atoms with Gasteiger partial charge < -0.3 is 10.2 Å². The van der Waals surface area contributed by atoms with Crippen molar-refractivity contribution in [2.45, 2.75) is 6.42 Å². The Labute approximate surface area is 160 Å². The van der Waals surface area contributed by atoms with Crippen LogP contribution in [0.4, 0.5) is 10.8 Å². The number of nitro groups is 1. The fourth-order valence-corrected chi connectivity index (χ4v) is 2.88. The number of furan rings is 1. The highest BCUT2D eigenvalue weighted by Gasteiger charge is 2.14. The maximum absolute atomic E-state index is 11.7. The number of non-ortho nitro benzene ring substituents is 1. The summed E-state index contributed by atoms with van der Waals surface area (Å²) >= 11 is 7.19. The van der Waals surface area contributed by atoms with E-state index in [-0.39, 0.29) is 17.2 Å². The van der Waals surface area contributed by atoms with E-state index in [1.54, 1.807) is 12.1 Å². The molecule has 0 aliphatic carbocycles. The minimum absolute atomic E-state index is 0.00109. The van der Waals surface area contributed by atoms with Gasteiger partial charge in [0.1, 0.15) is 16.5 Å². The van der Waals surface area contributed by atoms with Crippen molar-refractivity contribution in [3.63, 3.8) is 0 Å². The molecule has 0 spiro atoms. The summed E-state index contributed by atoms with van der Waals surface area (Å²) in [7, 11) is 0. The fourth-order valence-electron chi connectivity index (χ4n) is 2.07. The number of benzene rings is 1. The van der Waals surface area contributed by atoms with E-state index in [1.807, 2.05) is 0 Å². The molecule has 0 radical (unpaired) electrons. The second-order valence-corrected chi connectivity index (χ2v) is 6.63. The van der Waals surface area contributed by atoms with Crippen LogP contribution in [-0.4, -0.2) is 27.2 Å². The predicted octanol–water partition coefficient (Wildman–Crippen LogP) is 2.63. The van der Waals surface area contributed by atoms with E-state index in [1.165, 1.54) is 24.4 Å². The van der Waals surface area contributed by atoms with Gasteiger partial charge in [0.2, 0.25) is 11.0 Å². The number of hydrogen-bond acceptors (Lipinski definition) is 9. The number of carbonyl (C=O) groups excluding carboxylic acids is 1. The van der Waals surface area contributed by atoms with Gasteiger partial charge >= 0.3 is 0 Å². The number of halogens is 1. The Hall–Kier alpha value is -3.31. The first-order chi connectivity index (χ1) is 12.9. The molecule has 0 bridgehead atoms. The predicted molar refractivity (Wildman–Crippen MR) is 99.6 cm³/mol. The van der Waals surface area contributed by atoms with Crippen molar-refractivity contribution in [3.05, 3.63) is 56.2 Å². The summed E-state index contributed by atoms with van der Waals surface area (Å²) in [5, 5.41) is 23.1. The highest BCUT2D eigenvalue weighted by molar-refractivity contribution is 7.15. The van der Waals surface area contributed by atoms with Crippen molar-refractivity contribution in [3.8, 4) is 11.3 Å². The van der Waals surface area contributed by atoms with Crippen molar-refractivity contribution in [1.82, 2.24) is 15.6 Å². The summed E-state index contributed by atoms with van der Waals surface area (Å²) in [5.74, 6) is 0.268. The molecule has 138 valence electrons. The standard InChI is InChI=1S/C15H11ClN6O4S/c16-11-3-1-8(22(24)25)5-10(11)12-4-2-9(26-12)7-18-19-13(23)6-14-20-21-15(17)27-14/h1-5,7H,6H2,(H2,17,21)(H,19,23)/b18-7+. The fraction of sp³-hybridized carbons (Fsp3) is 0.0667. The molecule has 27 heavy (non-hydrogen) atoms. The summed E-state index contributed by atoms with van der Waals surface area (Å²) in [5.41, 5.74) is 8.04. The van der Waals surface area contributed by atoms with Crippen LogP contribution in [-0.2, 0) is 11.2 Å². The van der Waals surface area contributed by atoms with Gasteiger partial charge in [-0.1, -0.05) is 22.9 Å². The molecule has 3 aromatic rings. The summed E-state index contributed by atoms with van der Waals surface area (Å²) in [6, 6.07) is 7.23. The smallest absolute Gasteiger partial charge is 0.270 e. The van der Waals surface area contributed by atoms with Gasteiger partial charge in [-0.05, 0) is 18.2 Å². The molecule has 0 aliphatic heterocycles. The van der Waals surface area contributed by atoms with E-state index in [9.17, 15) is 14.9 Å². The quantitative estimate of drug-likeness (QED) is 0.363. The molecule has 0 saturated carbocycles. The zero-order chi connectivity index (χ0) is 19.4. The summed E-state index contributed by atoms with van der Waals surface area (Å²) in [6.07, 6.45) is 1.29. The monoisotopic (exact) mass is 406 g/mol. The highest BCUT2D eigenvalue weighted by atomic mass is 35.5. The number of rotatable bonds is 6. The number of nitrogens with one attached hydrogen (secondary N) is 1. The van der Waals surface area contributed by atoms with Gasteiger partial charge in [0.15, 0.2) is 0 Å². The molecular weight excluding hydrogens is 396 g/mol. The largest absolute Gasteiger partial charge is 0.455 e. The van der Waals surface area contributed by atoms with Crippen LogP contribution in [0, 0.1) is 10.1 Å². The Morgan fingerprint density at radius 3 is 2.93 bits per heavy atom. The normalized spacial score (nSPS) is 11.0. The first-order valence-corrected chi connectivity index (χ1v) is 8.56. The van der Waals surface area contributed by atoms with Gasteiger partial charge in [-0.3, -0.25) is 14.9 Å². The third-order valence-electron chi connectivity index (χ3n) is 3.23. The third kappa shape index (κ3) is 4.65. The van der Waals surface area contributed by atoms with Crippen molar-refractivity contribution in [2.75, 3.05) is 5.73 Å². The van der Waals surface area contributed by atoms with Gasteiger partial charge in [-0.25, -0.2) is 5.43 Å². The molecule has 2 aromatic heterocycles. The Kier molecular flexibility index (Phi) is 5.43. The summed E-state index contributed by atoms with van der Waals surface area (Å²) < 4.78 is 5.54. The van der Waals surface area contributed by atoms with E-state index >= 15 is 0 Å². The summed E-state index contributed by atoms with van der Waals surface area (Å²) in [6.45, 7) is 0. The van der Waals surface area contributed by atoms with Crippen molar-refractivity contribution in [2.24, 2.45) is 5.10 Å². The second kappa shape index (κ2) is 7.93. The zero-order valence-electron chi connectivity index (χ0n) is 13.5. The van der Waals surface area contributed by atoms with Crippen LogP contribution in [0.3, 0.4) is 0 Å². The van der Waals surface area contributed by atoms with Crippen LogP contribution < -0.4 is 11.2 Å². The molecule has 0 fully saturated rings. The number of aromatic nitrogens is 2. The van der Waals surface area contributed by atoms with Crippen molar-refractivity contribution < 1.29 is 14.1 Å². The van der Waals surface area contributed by atoms with Crippen molar-refractivity contribution in [1.29, 1.82) is 0 Å². The number of carbonyl (C=O) groups is 1. The van der Waals surface area contributed by atoms with Crippen LogP contribution in [0.5, 0.6) is 0 Å². The van der Waals surface area contributed by atoms with Crippen LogP contribution >= 0.6 is 22.9 Å². The average Bonchev–Trinajstić information content (AvgIpc) is 3.24. The SMILES string of the molecule is Nc1nnc(CC(=O)N/N=C/c2ccc(-c3cc([N+](=O)[O-])ccc3Cl)o2)s1. The van der Waals surface area contributed by atoms with Crippen molar-refractivity contribution >= 4 is 45.9 Å². The van der Waals surface area contributed by atoms with Crippen LogP contribution in [0.2, 0.25) is 5.02 Å². The van der Waals surface area contributed by atoms with Gasteiger partial charge in [-0.2, -0.15) is 5.10 Å². The molecule has 0 atom stereocenters. The van der Waals surface area contributed by atoms with Gasteiger partial charge in [-0.15, -0.1) is 10.2 Å². The molecular formula is C15H11ClN6O4S. The Morgan fingerprint density at radius 1 is 1.41 bits per heavy atom. The maximum atomic E-state index is 11.7. The molecule has 0 aliphatic rings. The molecule has 1 aromatic carbocycles. The number of nitrogens with two attached hydrogens (primary N) is 1. The van der Waals surface area contributed by atoms with Crippen LogP contribution in [0.15, 0.2) is 39.9 Å². The van der Waals surface area contributed by atoms with E-state index in [4.69, 9.17) is 21.8 Å². The number of amides is 1. The Balaban J connectivity index is 1.65. The number of nitrogen functional groups attached to an aromatic ring is 1. The van der Waals surface area contributed by atoms with E-state index in [2.05, 4.69) is 20.7 Å². The molecule has 0 unspecified atom stereocenters. The zero-order valence-corrected chi connectivity index (χ0v) is 15.0. The molecule has 3 rings (SSSR count). The Bertz CT molecular complexity index is 1030. The van der Waals surface area contributed by atoms with E-state index in [0.717, 1.165) is 11.3 Å². The van der Waals surface area contributed by atoms with E-state index < -0.39 is 10.8 Å². The summed E-state index contributed by atoms with van der Waals surface area (Å²) in [4.78, 5) is 22.1. The molecule has 12 heteroatoms. The number of hydrogen-bond donors (Lipinski definition) is 2. The van der Waals surface area contributed by atoms with E-state index in [0.29, 0.717) is 27.1 Å². The number of anilines is 1. The van der Waals surface area contributed by atoms with Crippen LogP contribution in [0.1, 0.15) is 10.8 Å². The molecule has 2 heterocycles. The molecule has 10 nitrogen and oxygen atoms in total. The highest BCUT2D eigenvalue weighted by Crippen LogP contribution is 2.32. The minimum Gasteiger partial charge on any atom is -0.455 e. The van der Waals surface area contributed by atoms with Gasteiger partial charge in [0.25, 0.3) is 5.69 Å². The average molecular weight is 407 g/mol. The number of nitrogens with zero attached hydrogens (tertiary/aromatic N) is 4. The molecule has 3 N–H and O–H groups in total. The molecule has 1 amide bonds.